The summed E-state index contributed by atoms with van der Waals surface area (Å²) in [5.74, 6) is -0.826. The topological polar surface area (TPSA) is 30.2 Å². The van der Waals surface area contributed by atoms with Gasteiger partial charge >= 0.3 is 0 Å². The summed E-state index contributed by atoms with van der Waals surface area (Å²) < 4.78 is 19.4. The first-order valence-corrected chi connectivity index (χ1v) is 5.85. The minimum Gasteiger partial charge on any atom is -0.446 e. The number of halogens is 2. The van der Waals surface area contributed by atoms with Crippen molar-refractivity contribution >= 4 is 21.7 Å². The first-order valence-electron chi connectivity index (χ1n) is 5.06. The van der Waals surface area contributed by atoms with E-state index in [0.29, 0.717) is 10.2 Å². The summed E-state index contributed by atoms with van der Waals surface area (Å²) in [4.78, 5) is 12.1. The maximum atomic E-state index is 13.8. The number of furan rings is 1. The van der Waals surface area contributed by atoms with Crippen molar-refractivity contribution in [2.45, 2.75) is 13.8 Å². The number of carbonyl (C=O) groups excluding carboxylic acids is 1. The third-order valence-electron chi connectivity index (χ3n) is 2.46. The number of hydrogen-bond acceptors (Lipinski definition) is 2. The van der Waals surface area contributed by atoms with Crippen molar-refractivity contribution in [1.29, 1.82) is 0 Å². The van der Waals surface area contributed by atoms with E-state index >= 15 is 0 Å². The van der Waals surface area contributed by atoms with Gasteiger partial charge < -0.3 is 4.42 Å². The van der Waals surface area contributed by atoms with Gasteiger partial charge in [-0.05, 0) is 59.1 Å². The van der Waals surface area contributed by atoms with Crippen LogP contribution < -0.4 is 0 Å². The monoisotopic (exact) mass is 296 g/mol. The SMILES string of the molecule is Cc1cc(C)c(C(=O)c2ccc(Br)o2)c(F)c1. The maximum absolute atomic E-state index is 13.8. The van der Waals surface area contributed by atoms with E-state index in [1.807, 2.05) is 0 Å². The molecule has 2 aromatic rings. The van der Waals surface area contributed by atoms with Crippen molar-refractivity contribution in [3.8, 4) is 0 Å². The van der Waals surface area contributed by atoms with Crippen LogP contribution in [0, 0.1) is 19.7 Å². The number of carbonyl (C=O) groups is 1. The van der Waals surface area contributed by atoms with Crippen LogP contribution in [0.4, 0.5) is 4.39 Å². The molecule has 0 amide bonds. The molecule has 1 aromatic heterocycles. The van der Waals surface area contributed by atoms with Gasteiger partial charge in [0.2, 0.25) is 5.78 Å². The molecule has 0 spiro atoms. The van der Waals surface area contributed by atoms with Gasteiger partial charge in [-0.2, -0.15) is 0 Å². The molecule has 1 heterocycles. The normalized spacial score (nSPS) is 10.6. The first-order chi connectivity index (χ1) is 7.99. The number of ketones is 1. The highest BCUT2D eigenvalue weighted by Gasteiger charge is 2.19. The molecule has 0 aliphatic rings. The standard InChI is InChI=1S/C13H10BrFO2/c1-7-5-8(2)12(9(15)6-7)13(16)10-3-4-11(14)17-10/h3-6H,1-2H3. The van der Waals surface area contributed by atoms with Gasteiger partial charge in [0.15, 0.2) is 10.4 Å². The summed E-state index contributed by atoms with van der Waals surface area (Å²) in [6.45, 7) is 3.50. The van der Waals surface area contributed by atoms with E-state index < -0.39 is 11.6 Å². The van der Waals surface area contributed by atoms with Crippen molar-refractivity contribution in [3.05, 3.63) is 57.2 Å². The third kappa shape index (κ3) is 2.31. The van der Waals surface area contributed by atoms with Crippen LogP contribution in [0.15, 0.2) is 33.4 Å². The molecule has 1 aromatic carbocycles. The van der Waals surface area contributed by atoms with Gasteiger partial charge in [-0.1, -0.05) is 6.07 Å². The fraction of sp³-hybridized carbons (Fsp3) is 0.154. The summed E-state index contributed by atoms with van der Waals surface area (Å²) in [7, 11) is 0. The highest BCUT2D eigenvalue weighted by Crippen LogP contribution is 2.22. The van der Waals surface area contributed by atoms with Crippen molar-refractivity contribution in [1.82, 2.24) is 0 Å². The predicted octanol–water partition coefficient (Wildman–Crippen LogP) is 4.03. The van der Waals surface area contributed by atoms with Crippen molar-refractivity contribution in [2.75, 3.05) is 0 Å². The second kappa shape index (κ2) is 4.45. The first kappa shape index (κ1) is 12.0. The Morgan fingerprint density at radius 2 is 2.00 bits per heavy atom. The Morgan fingerprint density at radius 3 is 2.53 bits per heavy atom. The second-order valence-electron chi connectivity index (χ2n) is 3.87. The smallest absolute Gasteiger partial charge is 0.231 e. The van der Waals surface area contributed by atoms with E-state index in [4.69, 9.17) is 4.42 Å². The molecule has 0 radical (unpaired) electrons. The summed E-state index contributed by atoms with van der Waals surface area (Å²) in [5, 5.41) is 0. The van der Waals surface area contributed by atoms with Crippen molar-refractivity contribution < 1.29 is 13.6 Å². The van der Waals surface area contributed by atoms with Crippen LogP contribution in [-0.2, 0) is 0 Å². The van der Waals surface area contributed by atoms with Gasteiger partial charge in [-0.3, -0.25) is 4.79 Å². The average Bonchev–Trinajstić information content (AvgIpc) is 2.63. The molecule has 0 aliphatic heterocycles. The lowest BCUT2D eigenvalue weighted by atomic mass is 10.0. The summed E-state index contributed by atoms with van der Waals surface area (Å²) >= 11 is 3.11. The fourth-order valence-electron chi connectivity index (χ4n) is 1.76. The summed E-state index contributed by atoms with van der Waals surface area (Å²) in [5.41, 5.74) is 1.47. The minimum atomic E-state index is -0.514. The number of rotatable bonds is 2. The lowest BCUT2D eigenvalue weighted by molar-refractivity contribution is 0.100. The van der Waals surface area contributed by atoms with Crippen LogP contribution in [-0.4, -0.2) is 5.78 Å². The zero-order valence-electron chi connectivity index (χ0n) is 9.38. The molecule has 2 rings (SSSR count). The minimum absolute atomic E-state index is 0.0671. The number of benzene rings is 1. The van der Waals surface area contributed by atoms with Crippen LogP contribution in [0.25, 0.3) is 0 Å². The lowest BCUT2D eigenvalue weighted by Crippen LogP contribution is -2.06. The third-order valence-corrected chi connectivity index (χ3v) is 2.88. The second-order valence-corrected chi connectivity index (χ2v) is 4.65. The van der Waals surface area contributed by atoms with E-state index in [9.17, 15) is 9.18 Å². The van der Waals surface area contributed by atoms with Crippen LogP contribution in [0.5, 0.6) is 0 Å². The molecule has 17 heavy (non-hydrogen) atoms. The van der Waals surface area contributed by atoms with Gasteiger partial charge in [0, 0.05) is 0 Å². The quantitative estimate of drug-likeness (QED) is 0.783. The van der Waals surface area contributed by atoms with Crippen molar-refractivity contribution in [2.24, 2.45) is 0 Å². The van der Waals surface area contributed by atoms with Gasteiger partial charge in [0.05, 0.1) is 5.56 Å². The zero-order valence-corrected chi connectivity index (χ0v) is 11.0. The molecule has 88 valence electrons. The van der Waals surface area contributed by atoms with Crippen LogP contribution in [0.1, 0.15) is 27.2 Å². The Morgan fingerprint density at radius 1 is 1.29 bits per heavy atom. The van der Waals surface area contributed by atoms with Crippen molar-refractivity contribution in [3.63, 3.8) is 0 Å². The van der Waals surface area contributed by atoms with Gasteiger partial charge in [0.25, 0.3) is 0 Å². The van der Waals surface area contributed by atoms with Crippen LogP contribution >= 0.6 is 15.9 Å². The van der Waals surface area contributed by atoms with Crippen LogP contribution in [0.3, 0.4) is 0 Å². The highest BCUT2D eigenvalue weighted by atomic mass is 79.9. The molecule has 0 atom stereocenters. The largest absolute Gasteiger partial charge is 0.446 e. The molecule has 0 N–H and O–H groups in total. The van der Waals surface area contributed by atoms with Gasteiger partial charge in [-0.15, -0.1) is 0 Å². The Bertz CT molecular complexity index is 564. The Balaban J connectivity index is 2.51. The lowest BCUT2D eigenvalue weighted by Gasteiger charge is -2.06. The Labute approximate surface area is 107 Å². The molecule has 0 bridgehead atoms. The van der Waals surface area contributed by atoms with E-state index in [1.165, 1.54) is 12.1 Å². The molecule has 2 nitrogen and oxygen atoms in total. The predicted molar refractivity (Wildman–Crippen MR) is 65.7 cm³/mol. The Kier molecular flexibility index (Phi) is 3.15. The number of hydrogen-bond donors (Lipinski definition) is 0. The van der Waals surface area contributed by atoms with Gasteiger partial charge in [0.1, 0.15) is 5.82 Å². The van der Waals surface area contributed by atoms with Gasteiger partial charge in [-0.25, -0.2) is 4.39 Å². The molecular formula is C13H10BrFO2. The molecule has 0 unspecified atom stereocenters. The highest BCUT2D eigenvalue weighted by molar-refractivity contribution is 9.10. The summed E-state index contributed by atoms with van der Waals surface area (Å²) in [6, 6.07) is 6.24. The molecular weight excluding hydrogens is 287 g/mol. The average molecular weight is 297 g/mol. The molecule has 0 saturated carbocycles. The van der Waals surface area contributed by atoms with E-state index in [-0.39, 0.29) is 11.3 Å². The zero-order chi connectivity index (χ0) is 12.6. The molecule has 0 fully saturated rings. The van der Waals surface area contributed by atoms with Crippen LogP contribution in [0.2, 0.25) is 0 Å². The van der Waals surface area contributed by atoms with E-state index in [1.54, 1.807) is 26.0 Å². The van der Waals surface area contributed by atoms with E-state index in [0.717, 1.165) is 5.56 Å². The summed E-state index contributed by atoms with van der Waals surface area (Å²) in [6.07, 6.45) is 0. The molecule has 0 saturated heterocycles. The fourth-order valence-corrected chi connectivity index (χ4v) is 2.07. The van der Waals surface area contributed by atoms with E-state index in [2.05, 4.69) is 15.9 Å². The molecule has 4 heteroatoms. The Hall–Kier alpha value is -1.42. The molecule has 0 aliphatic carbocycles. The number of aryl methyl sites for hydroxylation is 2. The maximum Gasteiger partial charge on any atom is 0.231 e.